The summed E-state index contributed by atoms with van der Waals surface area (Å²) in [6.45, 7) is 4.56. The molecule has 0 bridgehead atoms. The highest BCUT2D eigenvalue weighted by molar-refractivity contribution is 6.17. The van der Waals surface area contributed by atoms with Crippen molar-refractivity contribution in [2.45, 2.75) is 25.6 Å². The number of halogens is 1. The largest absolute Gasteiger partial charge is 0.379 e. The molecule has 3 nitrogen and oxygen atoms in total. The normalized spacial score (nSPS) is 14.8. The number of ether oxygens (including phenoxy) is 1. The van der Waals surface area contributed by atoms with Crippen LogP contribution in [0.15, 0.2) is 12.1 Å². The fourth-order valence-corrected chi connectivity index (χ4v) is 2.06. The number of alkyl halides is 1. The Morgan fingerprint density at radius 2 is 2.22 bits per heavy atom. The minimum Gasteiger partial charge on any atom is -0.379 e. The van der Waals surface area contributed by atoms with E-state index in [4.69, 9.17) is 16.3 Å². The minimum absolute atomic E-state index is 0.521. The molecule has 1 aliphatic rings. The lowest BCUT2D eigenvalue weighted by Crippen LogP contribution is -2.24. The van der Waals surface area contributed by atoms with Crippen molar-refractivity contribution in [1.82, 2.24) is 4.98 Å². The quantitative estimate of drug-likeness (QED) is 0.562. The van der Waals surface area contributed by atoms with Gasteiger partial charge < -0.3 is 9.64 Å². The van der Waals surface area contributed by atoms with Crippen LogP contribution in [0.4, 0.5) is 5.82 Å². The Balaban J connectivity index is 1.79. The van der Waals surface area contributed by atoms with E-state index in [1.807, 2.05) is 26.1 Å². The average Bonchev–Trinajstić information content (AvgIpc) is 3.18. The van der Waals surface area contributed by atoms with Gasteiger partial charge in [-0.2, -0.15) is 0 Å². The first-order valence-corrected chi connectivity index (χ1v) is 7.05. The Morgan fingerprint density at radius 3 is 2.83 bits per heavy atom. The molecule has 18 heavy (non-hydrogen) atoms. The van der Waals surface area contributed by atoms with Gasteiger partial charge in [0.25, 0.3) is 0 Å². The number of nitrogens with zero attached hydrogens (tertiary/aromatic N) is 2. The predicted octanol–water partition coefficient (Wildman–Crippen LogP) is 2.99. The molecule has 0 radical (unpaired) electrons. The fourth-order valence-electron chi connectivity index (χ4n) is 1.78. The van der Waals surface area contributed by atoms with Gasteiger partial charge in [0, 0.05) is 31.8 Å². The Kier molecular flexibility index (Phi) is 4.84. The zero-order valence-corrected chi connectivity index (χ0v) is 11.9. The van der Waals surface area contributed by atoms with Crippen molar-refractivity contribution in [3.63, 3.8) is 0 Å². The molecular formula is C14H21ClN2O. The highest BCUT2D eigenvalue weighted by atomic mass is 35.5. The third-order valence-corrected chi connectivity index (χ3v) is 3.63. The molecule has 0 aromatic carbocycles. The molecule has 2 rings (SSSR count). The Hall–Kier alpha value is -0.800. The first kappa shape index (κ1) is 13.6. The van der Waals surface area contributed by atoms with E-state index in [-0.39, 0.29) is 0 Å². The van der Waals surface area contributed by atoms with Gasteiger partial charge in [0.15, 0.2) is 0 Å². The van der Waals surface area contributed by atoms with E-state index in [1.165, 1.54) is 12.8 Å². The van der Waals surface area contributed by atoms with Crippen LogP contribution in [-0.4, -0.2) is 31.8 Å². The molecule has 4 heteroatoms. The van der Waals surface area contributed by atoms with Crippen LogP contribution in [0.3, 0.4) is 0 Å². The first-order valence-electron chi connectivity index (χ1n) is 6.52. The maximum absolute atomic E-state index is 5.83. The number of pyridine rings is 1. The maximum atomic E-state index is 5.83. The molecule has 0 atom stereocenters. The Labute approximate surface area is 114 Å². The molecule has 1 aliphatic carbocycles. The number of anilines is 1. The maximum Gasteiger partial charge on any atom is 0.128 e. The summed E-state index contributed by atoms with van der Waals surface area (Å²) in [5.41, 5.74) is 2.10. The molecule has 1 fully saturated rings. The van der Waals surface area contributed by atoms with E-state index >= 15 is 0 Å². The topological polar surface area (TPSA) is 25.4 Å². The van der Waals surface area contributed by atoms with Gasteiger partial charge in [0.05, 0.1) is 6.61 Å². The van der Waals surface area contributed by atoms with Crippen LogP contribution in [0.1, 0.15) is 24.1 Å². The summed E-state index contributed by atoms with van der Waals surface area (Å²) in [6.07, 6.45) is 2.69. The second kappa shape index (κ2) is 6.39. The minimum atomic E-state index is 0.521. The van der Waals surface area contributed by atoms with Crippen molar-refractivity contribution in [2.75, 3.05) is 31.7 Å². The SMILES string of the molecule is Cc1nc(N(C)CCOCC2CC2)ccc1CCl. The number of aromatic nitrogens is 1. The van der Waals surface area contributed by atoms with Crippen LogP contribution >= 0.6 is 11.6 Å². The Bertz CT molecular complexity index is 393. The van der Waals surface area contributed by atoms with E-state index in [0.717, 1.165) is 42.8 Å². The van der Waals surface area contributed by atoms with E-state index in [1.54, 1.807) is 0 Å². The number of likely N-dealkylation sites (N-methyl/N-ethyl adjacent to an activating group) is 1. The summed E-state index contributed by atoms with van der Waals surface area (Å²) < 4.78 is 5.63. The second-order valence-electron chi connectivity index (χ2n) is 4.99. The average molecular weight is 269 g/mol. The zero-order valence-electron chi connectivity index (χ0n) is 11.2. The van der Waals surface area contributed by atoms with Gasteiger partial charge >= 0.3 is 0 Å². The van der Waals surface area contributed by atoms with E-state index in [0.29, 0.717) is 5.88 Å². The van der Waals surface area contributed by atoms with Crippen molar-refractivity contribution in [1.29, 1.82) is 0 Å². The van der Waals surface area contributed by atoms with Gasteiger partial charge in [-0.05, 0) is 37.3 Å². The fraction of sp³-hybridized carbons (Fsp3) is 0.643. The first-order chi connectivity index (χ1) is 8.70. The third-order valence-electron chi connectivity index (χ3n) is 3.34. The lowest BCUT2D eigenvalue weighted by Gasteiger charge is -2.19. The van der Waals surface area contributed by atoms with Crippen molar-refractivity contribution < 1.29 is 4.74 Å². The summed E-state index contributed by atoms with van der Waals surface area (Å²) in [7, 11) is 2.04. The molecular weight excluding hydrogens is 248 g/mol. The molecule has 1 saturated carbocycles. The van der Waals surface area contributed by atoms with E-state index in [9.17, 15) is 0 Å². The number of hydrogen-bond donors (Lipinski definition) is 0. The van der Waals surface area contributed by atoms with Crippen LogP contribution in [-0.2, 0) is 10.6 Å². The van der Waals surface area contributed by atoms with Crippen molar-refractivity contribution in [2.24, 2.45) is 5.92 Å². The van der Waals surface area contributed by atoms with Gasteiger partial charge in [-0.25, -0.2) is 4.98 Å². The van der Waals surface area contributed by atoms with Crippen molar-refractivity contribution in [3.8, 4) is 0 Å². The molecule has 0 aliphatic heterocycles. The standard InChI is InChI=1S/C14H21ClN2O/c1-11-13(9-15)5-6-14(16-11)17(2)7-8-18-10-12-3-4-12/h5-6,12H,3-4,7-10H2,1-2H3. The van der Waals surface area contributed by atoms with E-state index in [2.05, 4.69) is 9.88 Å². The van der Waals surface area contributed by atoms with Crippen molar-refractivity contribution >= 4 is 17.4 Å². The van der Waals surface area contributed by atoms with Gasteiger partial charge in [-0.1, -0.05) is 6.07 Å². The van der Waals surface area contributed by atoms with Gasteiger partial charge in [0.2, 0.25) is 0 Å². The van der Waals surface area contributed by atoms with Crippen molar-refractivity contribution in [3.05, 3.63) is 23.4 Å². The molecule has 1 aromatic rings. The highest BCUT2D eigenvalue weighted by Crippen LogP contribution is 2.28. The van der Waals surface area contributed by atoms with Crippen LogP contribution in [0, 0.1) is 12.8 Å². The van der Waals surface area contributed by atoms with Gasteiger partial charge in [-0.3, -0.25) is 0 Å². The third kappa shape index (κ3) is 3.85. The number of hydrogen-bond acceptors (Lipinski definition) is 3. The predicted molar refractivity (Wildman–Crippen MR) is 75.3 cm³/mol. The zero-order chi connectivity index (χ0) is 13.0. The second-order valence-corrected chi connectivity index (χ2v) is 5.25. The molecule has 0 spiro atoms. The van der Waals surface area contributed by atoms with Crippen LogP contribution in [0.2, 0.25) is 0 Å². The van der Waals surface area contributed by atoms with Crippen LogP contribution < -0.4 is 4.90 Å². The molecule has 0 saturated heterocycles. The van der Waals surface area contributed by atoms with Gasteiger partial charge in [-0.15, -0.1) is 11.6 Å². The Morgan fingerprint density at radius 1 is 1.44 bits per heavy atom. The summed E-state index contributed by atoms with van der Waals surface area (Å²) in [5.74, 6) is 2.34. The summed E-state index contributed by atoms with van der Waals surface area (Å²) in [6, 6.07) is 4.07. The smallest absolute Gasteiger partial charge is 0.128 e. The molecule has 0 amide bonds. The highest BCUT2D eigenvalue weighted by Gasteiger charge is 2.20. The molecule has 0 N–H and O–H groups in total. The lowest BCUT2D eigenvalue weighted by molar-refractivity contribution is 0.131. The lowest BCUT2D eigenvalue weighted by atomic mass is 10.2. The summed E-state index contributed by atoms with van der Waals surface area (Å²) in [4.78, 5) is 6.68. The monoisotopic (exact) mass is 268 g/mol. The molecule has 1 heterocycles. The number of rotatable bonds is 7. The summed E-state index contributed by atoms with van der Waals surface area (Å²) in [5, 5.41) is 0. The number of aryl methyl sites for hydroxylation is 1. The molecule has 100 valence electrons. The van der Waals surface area contributed by atoms with Crippen LogP contribution in [0.25, 0.3) is 0 Å². The van der Waals surface area contributed by atoms with Crippen LogP contribution in [0.5, 0.6) is 0 Å². The molecule has 0 unspecified atom stereocenters. The summed E-state index contributed by atoms with van der Waals surface area (Å²) >= 11 is 5.83. The molecule has 1 aromatic heterocycles. The van der Waals surface area contributed by atoms with E-state index < -0.39 is 0 Å². The van der Waals surface area contributed by atoms with Gasteiger partial charge in [0.1, 0.15) is 5.82 Å².